The molecule has 0 aliphatic carbocycles. The number of aryl methyl sites for hydroxylation is 1. The molecule has 1 aromatic heterocycles. The number of hydrogen-bond acceptors (Lipinski definition) is 3. The van der Waals surface area contributed by atoms with E-state index < -0.39 is 0 Å². The van der Waals surface area contributed by atoms with Gasteiger partial charge in [0.15, 0.2) is 0 Å². The second-order valence-electron chi connectivity index (χ2n) is 6.49. The summed E-state index contributed by atoms with van der Waals surface area (Å²) in [5.74, 6) is 1.77. The van der Waals surface area contributed by atoms with E-state index in [1.165, 1.54) is 43.5 Å². The van der Waals surface area contributed by atoms with Crippen LogP contribution in [-0.4, -0.2) is 30.1 Å². The Morgan fingerprint density at radius 1 is 1.17 bits per heavy atom. The first-order chi connectivity index (χ1) is 11.3. The maximum Gasteiger partial charge on any atom is 0.119 e. The quantitative estimate of drug-likeness (QED) is 0.808. The van der Waals surface area contributed by atoms with E-state index in [1.54, 1.807) is 7.11 Å². The molecule has 3 rings (SSSR count). The highest BCUT2D eigenvalue weighted by atomic mass is 16.5. The van der Waals surface area contributed by atoms with Crippen LogP contribution in [0.5, 0.6) is 5.75 Å². The van der Waals surface area contributed by atoms with Crippen molar-refractivity contribution in [2.24, 2.45) is 5.92 Å². The van der Waals surface area contributed by atoms with E-state index in [0.29, 0.717) is 0 Å². The molecule has 0 amide bonds. The van der Waals surface area contributed by atoms with Gasteiger partial charge in [0, 0.05) is 25.5 Å². The van der Waals surface area contributed by atoms with Gasteiger partial charge in [-0.05, 0) is 73.5 Å². The summed E-state index contributed by atoms with van der Waals surface area (Å²) in [6.07, 6.45) is 8.86. The number of pyridine rings is 1. The highest BCUT2D eigenvalue weighted by Gasteiger charge is 2.19. The van der Waals surface area contributed by atoms with Gasteiger partial charge < -0.3 is 4.74 Å². The fourth-order valence-electron chi connectivity index (χ4n) is 3.48. The number of nitrogens with zero attached hydrogens (tertiary/aromatic N) is 2. The molecule has 1 aromatic carbocycles. The average Bonchev–Trinajstić information content (AvgIpc) is 2.61. The van der Waals surface area contributed by atoms with Crippen LogP contribution in [0.4, 0.5) is 0 Å². The summed E-state index contributed by atoms with van der Waals surface area (Å²) in [7, 11) is 1.73. The SMILES string of the molecule is COc1cccc(CC[C@H]2CCCN(Cc3ccncc3)C2)c1. The molecule has 23 heavy (non-hydrogen) atoms. The van der Waals surface area contributed by atoms with Gasteiger partial charge in [0.05, 0.1) is 7.11 Å². The van der Waals surface area contributed by atoms with Crippen molar-refractivity contribution in [3.8, 4) is 5.75 Å². The molecule has 3 heteroatoms. The minimum atomic E-state index is 0.803. The molecule has 0 radical (unpaired) electrons. The molecule has 1 atom stereocenters. The van der Waals surface area contributed by atoms with E-state index in [-0.39, 0.29) is 0 Å². The highest BCUT2D eigenvalue weighted by Crippen LogP contribution is 2.23. The third kappa shape index (κ3) is 4.80. The fraction of sp³-hybridized carbons (Fsp3) is 0.450. The Kier molecular flexibility index (Phi) is 5.65. The maximum absolute atomic E-state index is 5.32. The van der Waals surface area contributed by atoms with Gasteiger partial charge >= 0.3 is 0 Å². The zero-order valence-electron chi connectivity index (χ0n) is 13.9. The lowest BCUT2D eigenvalue weighted by Gasteiger charge is -2.32. The van der Waals surface area contributed by atoms with Crippen LogP contribution in [0.2, 0.25) is 0 Å². The van der Waals surface area contributed by atoms with Crippen molar-refractivity contribution in [1.29, 1.82) is 0 Å². The third-order valence-electron chi connectivity index (χ3n) is 4.73. The van der Waals surface area contributed by atoms with Crippen molar-refractivity contribution in [3.63, 3.8) is 0 Å². The van der Waals surface area contributed by atoms with Crippen LogP contribution >= 0.6 is 0 Å². The van der Waals surface area contributed by atoms with E-state index in [1.807, 2.05) is 18.5 Å². The van der Waals surface area contributed by atoms with Crippen molar-refractivity contribution >= 4 is 0 Å². The maximum atomic E-state index is 5.32. The molecular weight excluding hydrogens is 284 g/mol. The zero-order chi connectivity index (χ0) is 15.9. The van der Waals surface area contributed by atoms with Crippen LogP contribution in [0.25, 0.3) is 0 Å². The summed E-state index contributed by atoms with van der Waals surface area (Å²) in [6, 6.07) is 12.7. The number of likely N-dealkylation sites (tertiary alicyclic amines) is 1. The molecule has 2 aromatic rings. The van der Waals surface area contributed by atoms with E-state index in [9.17, 15) is 0 Å². The highest BCUT2D eigenvalue weighted by molar-refractivity contribution is 5.28. The van der Waals surface area contributed by atoms with Gasteiger partial charge in [0.1, 0.15) is 5.75 Å². The first kappa shape index (κ1) is 16.0. The summed E-state index contributed by atoms with van der Waals surface area (Å²) in [6.45, 7) is 3.49. The molecule has 2 heterocycles. The first-order valence-corrected chi connectivity index (χ1v) is 8.57. The molecule has 0 unspecified atom stereocenters. The second kappa shape index (κ2) is 8.11. The molecule has 122 valence electrons. The number of piperidine rings is 1. The van der Waals surface area contributed by atoms with Crippen molar-refractivity contribution < 1.29 is 4.74 Å². The van der Waals surface area contributed by atoms with Gasteiger partial charge in [-0.15, -0.1) is 0 Å². The molecule has 1 fully saturated rings. The van der Waals surface area contributed by atoms with E-state index in [4.69, 9.17) is 4.74 Å². The molecule has 1 aliphatic heterocycles. The predicted molar refractivity (Wildman–Crippen MR) is 93.6 cm³/mol. The van der Waals surface area contributed by atoms with Crippen molar-refractivity contribution in [2.45, 2.75) is 32.2 Å². The average molecular weight is 310 g/mol. The zero-order valence-corrected chi connectivity index (χ0v) is 13.9. The number of ether oxygens (including phenoxy) is 1. The van der Waals surface area contributed by atoms with Crippen molar-refractivity contribution in [1.82, 2.24) is 9.88 Å². The normalized spacial score (nSPS) is 18.7. The topological polar surface area (TPSA) is 25.4 Å². The molecule has 0 bridgehead atoms. The van der Waals surface area contributed by atoms with Crippen LogP contribution in [0.3, 0.4) is 0 Å². The molecule has 1 saturated heterocycles. The molecule has 0 saturated carbocycles. The summed E-state index contributed by atoms with van der Waals surface area (Å²) in [5.41, 5.74) is 2.75. The predicted octanol–water partition coefficient (Wildman–Crippen LogP) is 3.94. The molecule has 3 nitrogen and oxygen atoms in total. The lowest BCUT2D eigenvalue weighted by atomic mass is 9.91. The largest absolute Gasteiger partial charge is 0.497 e. The number of aromatic nitrogens is 1. The number of benzene rings is 1. The lowest BCUT2D eigenvalue weighted by Crippen LogP contribution is -2.35. The number of hydrogen-bond donors (Lipinski definition) is 0. The second-order valence-corrected chi connectivity index (χ2v) is 6.49. The first-order valence-electron chi connectivity index (χ1n) is 8.57. The standard InChI is InChI=1S/C20H26N2O/c1-23-20-6-2-4-17(14-20)7-8-18-5-3-13-22(15-18)16-19-9-11-21-12-10-19/h2,4,6,9-12,14,18H,3,5,7-8,13,15-16H2,1H3/t18-/m1/s1. The molecule has 1 aliphatic rings. The van der Waals surface area contributed by atoms with Crippen molar-refractivity contribution in [3.05, 3.63) is 59.9 Å². The van der Waals surface area contributed by atoms with Gasteiger partial charge in [-0.25, -0.2) is 0 Å². The molecular formula is C20H26N2O. The van der Waals surface area contributed by atoms with Crippen LogP contribution in [0.1, 0.15) is 30.4 Å². The van der Waals surface area contributed by atoms with Crippen molar-refractivity contribution in [2.75, 3.05) is 20.2 Å². The van der Waals surface area contributed by atoms with Crippen LogP contribution in [0, 0.1) is 5.92 Å². The third-order valence-corrected chi connectivity index (χ3v) is 4.73. The Labute approximate surface area is 139 Å². The smallest absolute Gasteiger partial charge is 0.119 e. The fourth-order valence-corrected chi connectivity index (χ4v) is 3.48. The van der Waals surface area contributed by atoms with Gasteiger partial charge in [-0.1, -0.05) is 12.1 Å². The number of rotatable bonds is 6. The van der Waals surface area contributed by atoms with Gasteiger partial charge in [-0.3, -0.25) is 9.88 Å². The van der Waals surface area contributed by atoms with E-state index in [0.717, 1.165) is 24.6 Å². The summed E-state index contributed by atoms with van der Waals surface area (Å²) in [5, 5.41) is 0. The lowest BCUT2D eigenvalue weighted by molar-refractivity contribution is 0.162. The Hall–Kier alpha value is -1.87. The minimum absolute atomic E-state index is 0.803. The Bertz CT molecular complexity index is 600. The van der Waals surface area contributed by atoms with Crippen LogP contribution in [-0.2, 0) is 13.0 Å². The number of methoxy groups -OCH3 is 1. The van der Waals surface area contributed by atoms with Gasteiger partial charge in [0.2, 0.25) is 0 Å². The monoisotopic (exact) mass is 310 g/mol. The minimum Gasteiger partial charge on any atom is -0.497 e. The van der Waals surface area contributed by atoms with E-state index >= 15 is 0 Å². The van der Waals surface area contributed by atoms with Crippen LogP contribution < -0.4 is 4.74 Å². The molecule has 0 N–H and O–H groups in total. The van der Waals surface area contributed by atoms with Gasteiger partial charge in [-0.2, -0.15) is 0 Å². The molecule has 0 spiro atoms. The summed E-state index contributed by atoms with van der Waals surface area (Å²) >= 11 is 0. The summed E-state index contributed by atoms with van der Waals surface area (Å²) < 4.78 is 5.32. The Morgan fingerprint density at radius 2 is 2.04 bits per heavy atom. The Morgan fingerprint density at radius 3 is 2.87 bits per heavy atom. The summed E-state index contributed by atoms with van der Waals surface area (Å²) in [4.78, 5) is 6.69. The van der Waals surface area contributed by atoms with Crippen LogP contribution in [0.15, 0.2) is 48.8 Å². The van der Waals surface area contributed by atoms with Gasteiger partial charge in [0.25, 0.3) is 0 Å². The van der Waals surface area contributed by atoms with E-state index in [2.05, 4.69) is 40.2 Å². The Balaban J connectivity index is 1.50.